The van der Waals surface area contributed by atoms with Crippen molar-refractivity contribution in [2.45, 2.75) is 39.1 Å². The monoisotopic (exact) mass is 384 g/mol. The molecule has 1 amide bonds. The molecule has 5 nitrogen and oxygen atoms in total. The van der Waals surface area contributed by atoms with Crippen molar-refractivity contribution in [3.8, 4) is 5.75 Å². The molecule has 1 aromatic carbocycles. The molecule has 4 N–H and O–H groups in total. The Morgan fingerprint density at radius 2 is 1.92 bits per heavy atom. The van der Waals surface area contributed by atoms with E-state index in [4.69, 9.17) is 10.5 Å². The van der Waals surface area contributed by atoms with Crippen LogP contribution < -0.4 is 15.8 Å². The second-order valence-corrected chi connectivity index (χ2v) is 6.58. The molecule has 0 aliphatic carbocycles. The number of rotatable bonds is 6. The number of nitrogens with two attached hydrogens (primary N) is 1. The number of carbonyl (C=O) groups excluding carboxylic acids is 1. The fourth-order valence-electron chi connectivity index (χ4n) is 1.74. The lowest BCUT2D eigenvalue weighted by molar-refractivity contribution is -0.137. The molecule has 2 atom stereocenters. The second kappa shape index (κ2) is 9.26. The highest BCUT2D eigenvalue weighted by molar-refractivity contribution is 5.85. The van der Waals surface area contributed by atoms with E-state index in [2.05, 4.69) is 5.32 Å². The summed E-state index contributed by atoms with van der Waals surface area (Å²) in [6, 6.07) is 3.61. The summed E-state index contributed by atoms with van der Waals surface area (Å²) in [4.78, 5) is 11.8. The fourth-order valence-corrected chi connectivity index (χ4v) is 1.74. The first kappa shape index (κ1) is 23.5. The Morgan fingerprint density at radius 3 is 2.44 bits per heavy atom. The van der Waals surface area contributed by atoms with Crippen molar-refractivity contribution in [1.82, 2.24) is 5.32 Å². The molecule has 0 aliphatic heterocycles. The van der Waals surface area contributed by atoms with Crippen molar-refractivity contribution in [2.24, 2.45) is 11.1 Å². The SMILES string of the molecule is CC(C)(C)[C@H](N)C(=O)NCC(O)COc1cccc(C(F)(F)F)c1.Cl. The first-order valence-electron chi connectivity index (χ1n) is 7.42. The Morgan fingerprint density at radius 1 is 1.32 bits per heavy atom. The summed E-state index contributed by atoms with van der Waals surface area (Å²) in [6.45, 7) is 5.06. The van der Waals surface area contributed by atoms with Crippen LogP contribution in [0.1, 0.15) is 26.3 Å². The Hall–Kier alpha value is -1.51. The van der Waals surface area contributed by atoms with Crippen molar-refractivity contribution in [3.63, 3.8) is 0 Å². The molecule has 9 heteroatoms. The number of nitrogens with one attached hydrogen (secondary N) is 1. The van der Waals surface area contributed by atoms with E-state index in [1.165, 1.54) is 12.1 Å². The van der Waals surface area contributed by atoms with Crippen molar-refractivity contribution in [2.75, 3.05) is 13.2 Å². The summed E-state index contributed by atoms with van der Waals surface area (Å²) >= 11 is 0. The number of aliphatic hydroxyl groups excluding tert-OH is 1. The van der Waals surface area contributed by atoms with Gasteiger partial charge in [0.25, 0.3) is 0 Å². The van der Waals surface area contributed by atoms with Crippen LogP contribution >= 0.6 is 12.4 Å². The molecule has 1 unspecified atom stereocenters. The van der Waals surface area contributed by atoms with Crippen LogP contribution in [0.25, 0.3) is 0 Å². The topological polar surface area (TPSA) is 84.6 Å². The Bertz CT molecular complexity index is 562. The van der Waals surface area contributed by atoms with Crippen molar-refractivity contribution < 1.29 is 27.8 Å². The van der Waals surface area contributed by atoms with Gasteiger partial charge < -0.3 is 20.9 Å². The number of aliphatic hydroxyl groups is 1. The van der Waals surface area contributed by atoms with Gasteiger partial charge in [-0.3, -0.25) is 4.79 Å². The maximum absolute atomic E-state index is 12.6. The van der Waals surface area contributed by atoms with E-state index in [0.29, 0.717) is 0 Å². The van der Waals surface area contributed by atoms with Gasteiger partial charge in [-0.05, 0) is 23.6 Å². The van der Waals surface area contributed by atoms with Gasteiger partial charge in [0.2, 0.25) is 5.91 Å². The zero-order valence-electron chi connectivity index (χ0n) is 14.3. The maximum atomic E-state index is 12.6. The predicted octanol–water partition coefficient (Wildman–Crippen LogP) is 2.36. The number of alkyl halides is 3. The predicted molar refractivity (Wildman–Crippen MR) is 90.6 cm³/mol. The van der Waals surface area contributed by atoms with Gasteiger partial charge in [0.05, 0.1) is 11.6 Å². The fraction of sp³-hybridized carbons (Fsp3) is 0.562. The van der Waals surface area contributed by atoms with Crippen LogP contribution in [-0.4, -0.2) is 36.3 Å². The van der Waals surface area contributed by atoms with E-state index in [-0.39, 0.29) is 31.3 Å². The van der Waals surface area contributed by atoms with Gasteiger partial charge in [-0.2, -0.15) is 13.2 Å². The first-order chi connectivity index (χ1) is 10.9. The Kier molecular flexibility index (Phi) is 8.70. The number of amides is 1. The highest BCUT2D eigenvalue weighted by Crippen LogP contribution is 2.31. The standard InChI is InChI=1S/C16H23F3N2O3.ClH/c1-15(2,3)13(20)14(23)21-8-11(22)9-24-12-6-4-5-10(7-12)16(17,18)19;/h4-7,11,13,22H,8-9,20H2,1-3H3,(H,21,23);1H/t11?,13-;/m1./s1. The molecule has 0 aliphatic rings. The summed E-state index contributed by atoms with van der Waals surface area (Å²) in [5, 5.41) is 12.3. The minimum atomic E-state index is -4.46. The van der Waals surface area contributed by atoms with E-state index in [0.717, 1.165) is 12.1 Å². The molecule has 0 heterocycles. The lowest BCUT2D eigenvalue weighted by Crippen LogP contribution is -2.50. The molecule has 0 spiro atoms. The number of carbonyl (C=O) groups is 1. The molecule has 0 bridgehead atoms. The lowest BCUT2D eigenvalue weighted by Gasteiger charge is -2.26. The van der Waals surface area contributed by atoms with Crippen LogP contribution in [0.5, 0.6) is 5.75 Å². The van der Waals surface area contributed by atoms with Gasteiger partial charge in [0, 0.05) is 6.54 Å². The normalized spacial score (nSPS) is 14.2. The quantitative estimate of drug-likeness (QED) is 0.703. The summed E-state index contributed by atoms with van der Waals surface area (Å²) in [5.41, 5.74) is 4.51. The highest BCUT2D eigenvalue weighted by atomic mass is 35.5. The van der Waals surface area contributed by atoms with Crippen molar-refractivity contribution in [3.05, 3.63) is 29.8 Å². The Labute approximate surface area is 151 Å². The minimum Gasteiger partial charge on any atom is -0.491 e. The largest absolute Gasteiger partial charge is 0.491 e. The third-order valence-electron chi connectivity index (χ3n) is 3.33. The number of benzene rings is 1. The summed E-state index contributed by atoms with van der Waals surface area (Å²) in [6.07, 6.45) is -5.54. The maximum Gasteiger partial charge on any atom is 0.416 e. The van der Waals surface area contributed by atoms with Crippen LogP contribution in [0.3, 0.4) is 0 Å². The zero-order valence-corrected chi connectivity index (χ0v) is 15.1. The third-order valence-corrected chi connectivity index (χ3v) is 3.33. The van der Waals surface area contributed by atoms with Gasteiger partial charge in [-0.25, -0.2) is 0 Å². The van der Waals surface area contributed by atoms with Crippen LogP contribution in [0, 0.1) is 5.41 Å². The zero-order chi connectivity index (χ0) is 18.5. The average molecular weight is 385 g/mol. The molecule has 0 saturated carbocycles. The third kappa shape index (κ3) is 7.94. The summed E-state index contributed by atoms with van der Waals surface area (Å²) < 4.78 is 42.9. The number of hydrogen-bond acceptors (Lipinski definition) is 4. The molecule has 25 heavy (non-hydrogen) atoms. The summed E-state index contributed by atoms with van der Waals surface area (Å²) in [5.74, 6) is -0.429. The van der Waals surface area contributed by atoms with Crippen LogP contribution in [0.15, 0.2) is 24.3 Å². The number of hydrogen-bond donors (Lipinski definition) is 3. The first-order valence-corrected chi connectivity index (χ1v) is 7.42. The second-order valence-electron chi connectivity index (χ2n) is 6.58. The summed E-state index contributed by atoms with van der Waals surface area (Å²) in [7, 11) is 0. The average Bonchev–Trinajstić information content (AvgIpc) is 2.48. The minimum absolute atomic E-state index is 0. The molecule has 0 saturated heterocycles. The van der Waals surface area contributed by atoms with Crippen molar-refractivity contribution >= 4 is 18.3 Å². The van der Waals surface area contributed by atoms with Crippen molar-refractivity contribution in [1.29, 1.82) is 0 Å². The number of halogens is 4. The Balaban J connectivity index is 0.00000576. The highest BCUT2D eigenvalue weighted by Gasteiger charge is 2.30. The van der Waals surface area contributed by atoms with Crippen LogP contribution in [0.2, 0.25) is 0 Å². The molecule has 144 valence electrons. The van der Waals surface area contributed by atoms with Gasteiger partial charge in [0.1, 0.15) is 18.5 Å². The molecule has 0 radical (unpaired) electrons. The smallest absolute Gasteiger partial charge is 0.416 e. The van der Waals surface area contributed by atoms with E-state index in [1.807, 2.05) is 20.8 Å². The van der Waals surface area contributed by atoms with E-state index < -0.39 is 35.2 Å². The van der Waals surface area contributed by atoms with E-state index in [9.17, 15) is 23.1 Å². The number of ether oxygens (including phenoxy) is 1. The van der Waals surface area contributed by atoms with E-state index in [1.54, 1.807) is 0 Å². The molecular weight excluding hydrogens is 361 g/mol. The van der Waals surface area contributed by atoms with Gasteiger partial charge in [-0.1, -0.05) is 26.8 Å². The molecular formula is C16H24ClF3N2O3. The molecule has 1 rings (SSSR count). The lowest BCUT2D eigenvalue weighted by atomic mass is 9.87. The van der Waals surface area contributed by atoms with Gasteiger partial charge in [-0.15, -0.1) is 12.4 Å². The molecule has 1 aromatic rings. The van der Waals surface area contributed by atoms with Gasteiger partial charge in [0.15, 0.2) is 0 Å². The van der Waals surface area contributed by atoms with Crippen LogP contribution in [-0.2, 0) is 11.0 Å². The molecule has 0 fully saturated rings. The van der Waals surface area contributed by atoms with Crippen LogP contribution in [0.4, 0.5) is 13.2 Å². The van der Waals surface area contributed by atoms with Gasteiger partial charge >= 0.3 is 6.18 Å². The molecule has 0 aromatic heterocycles. The van der Waals surface area contributed by atoms with E-state index >= 15 is 0 Å².